The van der Waals surface area contributed by atoms with Gasteiger partial charge in [-0.2, -0.15) is 0 Å². The maximum Gasteiger partial charge on any atom is 0.326 e. The van der Waals surface area contributed by atoms with Gasteiger partial charge in [-0.1, -0.05) is 29.8 Å². The van der Waals surface area contributed by atoms with Gasteiger partial charge in [0.15, 0.2) is 6.61 Å². The van der Waals surface area contributed by atoms with E-state index in [0.29, 0.717) is 10.7 Å². The third-order valence-electron chi connectivity index (χ3n) is 5.69. The number of aryl methyl sites for hydroxylation is 1. The molecule has 0 unspecified atom stereocenters. The Balaban J connectivity index is 1.30. The van der Waals surface area contributed by atoms with Crippen molar-refractivity contribution in [1.82, 2.24) is 4.90 Å². The van der Waals surface area contributed by atoms with Crippen LogP contribution in [0.15, 0.2) is 30.4 Å². The Hall–Kier alpha value is -2.67. The van der Waals surface area contributed by atoms with E-state index in [0.717, 1.165) is 16.9 Å². The van der Waals surface area contributed by atoms with Crippen LogP contribution in [0.1, 0.15) is 12.0 Å². The number of carbonyl (C=O) groups is 4. The van der Waals surface area contributed by atoms with E-state index in [-0.39, 0.29) is 35.5 Å². The van der Waals surface area contributed by atoms with Gasteiger partial charge in [-0.05, 0) is 42.9 Å². The highest BCUT2D eigenvalue weighted by Crippen LogP contribution is 2.52. The molecule has 28 heavy (non-hydrogen) atoms. The minimum Gasteiger partial charge on any atom is -0.454 e. The van der Waals surface area contributed by atoms with Crippen LogP contribution in [0.4, 0.5) is 5.69 Å². The summed E-state index contributed by atoms with van der Waals surface area (Å²) in [6.07, 6.45) is 4.80. The van der Waals surface area contributed by atoms with Crippen molar-refractivity contribution in [1.29, 1.82) is 0 Å². The Bertz CT molecular complexity index is 882. The zero-order valence-corrected chi connectivity index (χ0v) is 15.9. The number of esters is 1. The predicted octanol–water partition coefficient (Wildman–Crippen LogP) is 1.94. The molecule has 1 saturated heterocycles. The summed E-state index contributed by atoms with van der Waals surface area (Å²) in [5.74, 6) is -2.50. The third kappa shape index (κ3) is 3.20. The molecule has 1 aromatic carbocycles. The first kappa shape index (κ1) is 18.7. The van der Waals surface area contributed by atoms with Crippen molar-refractivity contribution in [3.8, 4) is 0 Å². The average Bonchev–Trinajstić information content (AvgIpc) is 3.33. The number of anilines is 1. The summed E-state index contributed by atoms with van der Waals surface area (Å²) in [5, 5.41) is 3.08. The molecule has 2 fully saturated rings. The highest BCUT2D eigenvalue weighted by Gasteiger charge is 2.59. The number of imide groups is 1. The number of nitrogens with one attached hydrogen (secondary N) is 1. The van der Waals surface area contributed by atoms with Crippen LogP contribution < -0.4 is 5.32 Å². The number of rotatable bonds is 5. The van der Waals surface area contributed by atoms with Crippen molar-refractivity contribution in [3.05, 3.63) is 40.9 Å². The van der Waals surface area contributed by atoms with Crippen molar-refractivity contribution < 1.29 is 23.9 Å². The SMILES string of the molecule is Cc1ccc(Cl)cc1NC(=O)COC(=O)CN1C(=O)[C@@H]2[C@@H](C1=O)[C@H]1C=C[C@H]2C1. The number of nitrogens with zero attached hydrogens (tertiary/aromatic N) is 1. The molecule has 146 valence electrons. The van der Waals surface area contributed by atoms with Crippen LogP contribution in [-0.2, 0) is 23.9 Å². The second kappa shape index (κ2) is 7.05. The topological polar surface area (TPSA) is 92.8 Å². The molecule has 0 radical (unpaired) electrons. The molecule has 1 saturated carbocycles. The molecule has 2 bridgehead atoms. The number of benzene rings is 1. The van der Waals surface area contributed by atoms with Crippen LogP contribution in [0.2, 0.25) is 5.02 Å². The second-order valence-corrected chi connectivity index (χ2v) is 7.87. The van der Waals surface area contributed by atoms with Crippen molar-refractivity contribution in [2.45, 2.75) is 13.3 Å². The van der Waals surface area contributed by atoms with Crippen LogP contribution >= 0.6 is 11.6 Å². The lowest BCUT2D eigenvalue weighted by Crippen LogP contribution is -2.38. The van der Waals surface area contributed by atoms with Crippen LogP contribution in [0.25, 0.3) is 0 Å². The largest absolute Gasteiger partial charge is 0.454 e. The molecular formula is C20H19ClN2O5. The third-order valence-corrected chi connectivity index (χ3v) is 5.92. The molecule has 7 nitrogen and oxygen atoms in total. The number of hydrogen-bond acceptors (Lipinski definition) is 5. The van der Waals surface area contributed by atoms with Gasteiger partial charge in [-0.15, -0.1) is 0 Å². The molecule has 2 aliphatic carbocycles. The van der Waals surface area contributed by atoms with Gasteiger partial charge in [0, 0.05) is 10.7 Å². The second-order valence-electron chi connectivity index (χ2n) is 7.43. The maximum atomic E-state index is 12.5. The first-order chi connectivity index (χ1) is 13.3. The normalized spacial score (nSPS) is 27.3. The molecular weight excluding hydrogens is 384 g/mol. The Labute approximate surface area is 166 Å². The molecule has 1 aromatic rings. The quantitative estimate of drug-likeness (QED) is 0.461. The molecule has 4 rings (SSSR count). The zero-order chi connectivity index (χ0) is 20.0. The Morgan fingerprint density at radius 3 is 2.46 bits per heavy atom. The van der Waals surface area contributed by atoms with Gasteiger partial charge in [0.1, 0.15) is 6.54 Å². The van der Waals surface area contributed by atoms with Crippen molar-refractivity contribution in [2.75, 3.05) is 18.5 Å². The molecule has 3 aliphatic rings. The molecule has 0 spiro atoms. The Morgan fingerprint density at radius 1 is 1.18 bits per heavy atom. The van der Waals surface area contributed by atoms with Gasteiger partial charge in [0.2, 0.25) is 11.8 Å². The number of allylic oxidation sites excluding steroid dienone is 2. The molecule has 8 heteroatoms. The van der Waals surface area contributed by atoms with Crippen LogP contribution in [0.5, 0.6) is 0 Å². The number of hydrogen-bond donors (Lipinski definition) is 1. The first-order valence-electron chi connectivity index (χ1n) is 9.10. The van der Waals surface area contributed by atoms with E-state index in [1.807, 2.05) is 12.2 Å². The van der Waals surface area contributed by atoms with Gasteiger partial charge in [0.05, 0.1) is 11.8 Å². The van der Waals surface area contributed by atoms with Crippen LogP contribution in [-0.4, -0.2) is 41.7 Å². The fourth-order valence-corrected chi connectivity index (χ4v) is 4.53. The van der Waals surface area contributed by atoms with Crippen LogP contribution in [0.3, 0.4) is 0 Å². The lowest BCUT2D eigenvalue weighted by Gasteiger charge is -2.16. The summed E-state index contributed by atoms with van der Waals surface area (Å²) in [7, 11) is 0. The van der Waals surface area contributed by atoms with Gasteiger partial charge < -0.3 is 10.1 Å². The number of fused-ring (bicyclic) bond motifs is 5. The van der Waals surface area contributed by atoms with Gasteiger partial charge in [-0.25, -0.2) is 0 Å². The van der Waals surface area contributed by atoms with E-state index in [1.165, 1.54) is 0 Å². The highest BCUT2D eigenvalue weighted by atomic mass is 35.5. The van der Waals surface area contributed by atoms with E-state index < -0.39 is 25.0 Å². The zero-order valence-electron chi connectivity index (χ0n) is 15.2. The molecule has 4 atom stereocenters. The van der Waals surface area contributed by atoms with Crippen molar-refractivity contribution in [3.63, 3.8) is 0 Å². The number of carbonyl (C=O) groups excluding carboxylic acids is 4. The van der Waals surface area contributed by atoms with Crippen molar-refractivity contribution >= 4 is 41.0 Å². The molecule has 1 heterocycles. The first-order valence-corrected chi connectivity index (χ1v) is 9.48. The molecule has 1 N–H and O–H groups in total. The van der Waals surface area contributed by atoms with E-state index in [9.17, 15) is 19.2 Å². The summed E-state index contributed by atoms with van der Waals surface area (Å²) in [4.78, 5) is 50.2. The fraction of sp³-hybridized carbons (Fsp3) is 0.400. The molecule has 3 amide bonds. The summed E-state index contributed by atoms with van der Waals surface area (Å²) in [5.41, 5.74) is 1.33. The monoisotopic (exact) mass is 402 g/mol. The smallest absolute Gasteiger partial charge is 0.326 e. The minimum atomic E-state index is -0.792. The Morgan fingerprint density at radius 2 is 1.82 bits per heavy atom. The van der Waals surface area contributed by atoms with Gasteiger partial charge in [0.25, 0.3) is 5.91 Å². The average molecular weight is 403 g/mol. The summed E-state index contributed by atoms with van der Waals surface area (Å²) in [6.45, 7) is 0.829. The molecule has 0 aromatic heterocycles. The summed E-state index contributed by atoms with van der Waals surface area (Å²) >= 11 is 5.90. The standard InChI is InChI=1S/C20H19ClN2O5/c1-10-2-5-13(21)7-14(10)22-15(24)9-28-16(25)8-23-19(26)17-11-3-4-12(6-11)18(17)20(23)27/h2-5,7,11-12,17-18H,6,8-9H2,1H3,(H,22,24)/t11-,12-,17-,18-/m0/s1. The summed E-state index contributed by atoms with van der Waals surface area (Å²) in [6, 6.07) is 5.06. The highest BCUT2D eigenvalue weighted by molar-refractivity contribution is 6.31. The van der Waals surface area contributed by atoms with E-state index in [2.05, 4.69) is 5.32 Å². The maximum absolute atomic E-state index is 12.5. The predicted molar refractivity (Wildman–Crippen MR) is 100 cm³/mol. The molecule has 1 aliphatic heterocycles. The van der Waals surface area contributed by atoms with E-state index in [1.54, 1.807) is 25.1 Å². The lowest BCUT2D eigenvalue weighted by molar-refractivity contribution is -0.154. The number of likely N-dealkylation sites (tertiary alicyclic amines) is 1. The van der Waals surface area contributed by atoms with Crippen molar-refractivity contribution in [2.24, 2.45) is 23.7 Å². The lowest BCUT2D eigenvalue weighted by atomic mass is 9.85. The van der Waals surface area contributed by atoms with E-state index >= 15 is 0 Å². The van der Waals surface area contributed by atoms with Crippen LogP contribution in [0, 0.1) is 30.6 Å². The number of ether oxygens (including phenoxy) is 1. The fourth-order valence-electron chi connectivity index (χ4n) is 4.36. The van der Waals surface area contributed by atoms with E-state index in [4.69, 9.17) is 16.3 Å². The number of amides is 3. The number of halogens is 1. The summed E-state index contributed by atoms with van der Waals surface area (Å²) < 4.78 is 4.95. The Kier molecular flexibility index (Phi) is 4.71. The van der Waals surface area contributed by atoms with Gasteiger partial charge >= 0.3 is 5.97 Å². The van der Waals surface area contributed by atoms with Gasteiger partial charge in [-0.3, -0.25) is 24.1 Å². The minimum absolute atomic E-state index is 0.0826.